The fourth-order valence-electron chi connectivity index (χ4n) is 1.66. The number of aromatic nitrogens is 1. The minimum Gasteiger partial charge on any atom is -0.356 e. The van der Waals surface area contributed by atoms with Crippen molar-refractivity contribution < 1.29 is 9.59 Å². The maximum absolute atomic E-state index is 11.7. The van der Waals surface area contributed by atoms with Gasteiger partial charge in [-0.3, -0.25) is 20.4 Å². The molecule has 6 heteroatoms. The van der Waals surface area contributed by atoms with Crippen LogP contribution in [0.5, 0.6) is 0 Å². The zero-order valence-electron chi connectivity index (χ0n) is 10.7. The number of hydrogen-bond acceptors (Lipinski definition) is 2. The number of benzene rings is 1. The van der Waals surface area contributed by atoms with Crippen LogP contribution < -0.4 is 10.9 Å². The Bertz CT molecular complexity index is 595. The van der Waals surface area contributed by atoms with Gasteiger partial charge < -0.3 is 4.98 Å². The fourth-order valence-corrected chi connectivity index (χ4v) is 2.00. The van der Waals surface area contributed by atoms with Crippen molar-refractivity contribution in [2.24, 2.45) is 0 Å². The van der Waals surface area contributed by atoms with E-state index in [0.717, 1.165) is 10.0 Å². The molecular formula is C14H14BrN3O2. The molecule has 2 rings (SSSR count). The van der Waals surface area contributed by atoms with Gasteiger partial charge in [0, 0.05) is 17.1 Å². The van der Waals surface area contributed by atoms with E-state index in [1.807, 2.05) is 30.3 Å². The molecule has 3 N–H and O–H groups in total. The van der Waals surface area contributed by atoms with Gasteiger partial charge in [0.15, 0.2) is 0 Å². The Balaban J connectivity index is 1.74. The van der Waals surface area contributed by atoms with Crippen LogP contribution in [0.3, 0.4) is 0 Å². The number of H-pyrrole nitrogens is 1. The monoisotopic (exact) mass is 335 g/mol. The molecule has 0 unspecified atom stereocenters. The third-order valence-corrected chi connectivity index (χ3v) is 3.15. The predicted octanol–water partition coefficient (Wildman–Crippen LogP) is 2.17. The average Bonchev–Trinajstić information content (AvgIpc) is 2.90. The Labute approximate surface area is 124 Å². The van der Waals surface area contributed by atoms with Crippen LogP contribution in [-0.2, 0) is 11.2 Å². The van der Waals surface area contributed by atoms with Gasteiger partial charge in [0.2, 0.25) is 5.91 Å². The van der Waals surface area contributed by atoms with Crippen LogP contribution in [0.25, 0.3) is 0 Å². The van der Waals surface area contributed by atoms with Gasteiger partial charge in [-0.2, -0.15) is 0 Å². The van der Waals surface area contributed by atoms with Crippen LogP contribution in [0.15, 0.2) is 47.1 Å². The van der Waals surface area contributed by atoms with Crippen molar-refractivity contribution in [1.82, 2.24) is 15.8 Å². The number of nitrogens with one attached hydrogen (secondary N) is 3. The van der Waals surface area contributed by atoms with Crippen LogP contribution in [0, 0.1) is 0 Å². The molecule has 0 aliphatic rings. The minimum atomic E-state index is -0.385. The Hall–Kier alpha value is -2.08. The molecule has 0 fully saturated rings. The fraction of sp³-hybridized carbons (Fsp3) is 0.143. The van der Waals surface area contributed by atoms with E-state index in [0.29, 0.717) is 18.5 Å². The molecule has 0 aliphatic heterocycles. The lowest BCUT2D eigenvalue weighted by Crippen LogP contribution is -2.41. The van der Waals surface area contributed by atoms with E-state index in [1.165, 1.54) is 0 Å². The van der Waals surface area contributed by atoms with Gasteiger partial charge in [0.05, 0.1) is 0 Å². The van der Waals surface area contributed by atoms with Gasteiger partial charge in [0.25, 0.3) is 5.91 Å². The highest BCUT2D eigenvalue weighted by molar-refractivity contribution is 9.10. The molecule has 5 nitrogen and oxygen atoms in total. The van der Waals surface area contributed by atoms with Gasteiger partial charge in [-0.05, 0) is 34.0 Å². The van der Waals surface area contributed by atoms with Gasteiger partial charge >= 0.3 is 0 Å². The summed E-state index contributed by atoms with van der Waals surface area (Å²) in [6.45, 7) is 0. The standard InChI is InChI=1S/C14H14BrN3O2/c15-11-8-12(16-9-11)14(20)18-17-13(19)7-6-10-4-2-1-3-5-10/h1-5,8-9,16H,6-7H2,(H,17,19)(H,18,20). The Morgan fingerprint density at radius 1 is 1.15 bits per heavy atom. The summed E-state index contributed by atoms with van der Waals surface area (Å²) in [4.78, 5) is 26.0. The first kappa shape index (κ1) is 14.3. The van der Waals surface area contributed by atoms with Gasteiger partial charge in [0.1, 0.15) is 5.69 Å². The van der Waals surface area contributed by atoms with E-state index in [1.54, 1.807) is 12.3 Å². The third kappa shape index (κ3) is 4.24. The quantitative estimate of drug-likeness (QED) is 0.749. The highest BCUT2D eigenvalue weighted by atomic mass is 79.9. The number of halogens is 1. The molecule has 0 atom stereocenters. The highest BCUT2D eigenvalue weighted by Gasteiger charge is 2.09. The summed E-state index contributed by atoms with van der Waals surface area (Å²) in [5.74, 6) is -0.614. The number of carbonyl (C=O) groups excluding carboxylic acids is 2. The number of hydrazine groups is 1. The van der Waals surface area contributed by atoms with Crippen LogP contribution >= 0.6 is 15.9 Å². The predicted molar refractivity (Wildman–Crippen MR) is 78.9 cm³/mol. The molecule has 2 amide bonds. The summed E-state index contributed by atoms with van der Waals surface area (Å²) in [6, 6.07) is 11.3. The number of aryl methyl sites for hydroxylation is 1. The molecule has 0 radical (unpaired) electrons. The van der Waals surface area contributed by atoms with Crippen LogP contribution in [-0.4, -0.2) is 16.8 Å². The zero-order valence-corrected chi connectivity index (χ0v) is 12.2. The first-order valence-electron chi connectivity index (χ1n) is 6.12. The van der Waals surface area contributed by atoms with Gasteiger partial charge in [-0.1, -0.05) is 30.3 Å². The van der Waals surface area contributed by atoms with Crippen molar-refractivity contribution in [2.45, 2.75) is 12.8 Å². The van der Waals surface area contributed by atoms with Crippen LogP contribution in [0.2, 0.25) is 0 Å². The molecule has 0 saturated heterocycles. The molecule has 1 aromatic heterocycles. The topological polar surface area (TPSA) is 74.0 Å². The number of amides is 2. The van der Waals surface area contributed by atoms with Crippen molar-refractivity contribution in [1.29, 1.82) is 0 Å². The highest BCUT2D eigenvalue weighted by Crippen LogP contribution is 2.10. The molecule has 20 heavy (non-hydrogen) atoms. The molecule has 1 heterocycles. The molecule has 0 saturated carbocycles. The second-order valence-corrected chi connectivity index (χ2v) is 5.14. The summed E-state index contributed by atoms with van der Waals surface area (Å²) in [6.07, 6.45) is 2.60. The largest absolute Gasteiger partial charge is 0.356 e. The molecule has 0 bridgehead atoms. The normalized spacial score (nSPS) is 10.1. The van der Waals surface area contributed by atoms with E-state index >= 15 is 0 Å². The van der Waals surface area contributed by atoms with Crippen LogP contribution in [0.4, 0.5) is 0 Å². The van der Waals surface area contributed by atoms with Crippen LogP contribution in [0.1, 0.15) is 22.5 Å². The van der Waals surface area contributed by atoms with Crippen molar-refractivity contribution in [3.8, 4) is 0 Å². The number of hydrogen-bond donors (Lipinski definition) is 3. The molecule has 0 aliphatic carbocycles. The Morgan fingerprint density at radius 2 is 1.90 bits per heavy atom. The van der Waals surface area contributed by atoms with E-state index in [4.69, 9.17) is 0 Å². The summed E-state index contributed by atoms with van der Waals surface area (Å²) in [7, 11) is 0. The average molecular weight is 336 g/mol. The molecule has 2 aromatic rings. The lowest BCUT2D eigenvalue weighted by Gasteiger charge is -2.06. The Morgan fingerprint density at radius 3 is 2.55 bits per heavy atom. The SMILES string of the molecule is O=C(CCc1ccccc1)NNC(=O)c1cc(Br)c[nH]1. The van der Waals surface area contributed by atoms with E-state index in [2.05, 4.69) is 31.8 Å². The maximum Gasteiger partial charge on any atom is 0.286 e. The molecule has 104 valence electrons. The first-order chi connectivity index (χ1) is 9.65. The summed E-state index contributed by atoms with van der Waals surface area (Å²) >= 11 is 3.23. The second-order valence-electron chi connectivity index (χ2n) is 4.22. The smallest absolute Gasteiger partial charge is 0.286 e. The van der Waals surface area contributed by atoms with E-state index in [9.17, 15) is 9.59 Å². The Kier molecular flexibility index (Phi) is 4.95. The lowest BCUT2D eigenvalue weighted by molar-refractivity contribution is -0.121. The second kappa shape index (κ2) is 6.91. The van der Waals surface area contributed by atoms with Crippen molar-refractivity contribution in [3.05, 3.63) is 58.3 Å². The number of aromatic amines is 1. The number of rotatable bonds is 4. The minimum absolute atomic E-state index is 0.229. The zero-order chi connectivity index (χ0) is 14.4. The summed E-state index contributed by atoms with van der Waals surface area (Å²) in [5.41, 5.74) is 6.21. The maximum atomic E-state index is 11.7. The first-order valence-corrected chi connectivity index (χ1v) is 6.91. The van der Waals surface area contributed by atoms with E-state index in [-0.39, 0.29) is 11.8 Å². The van der Waals surface area contributed by atoms with Crippen molar-refractivity contribution in [2.75, 3.05) is 0 Å². The molecular weight excluding hydrogens is 322 g/mol. The molecule has 1 aromatic carbocycles. The molecule has 0 spiro atoms. The van der Waals surface area contributed by atoms with Gasteiger partial charge in [-0.15, -0.1) is 0 Å². The van der Waals surface area contributed by atoms with Gasteiger partial charge in [-0.25, -0.2) is 0 Å². The number of carbonyl (C=O) groups is 2. The summed E-state index contributed by atoms with van der Waals surface area (Å²) in [5, 5.41) is 0. The summed E-state index contributed by atoms with van der Waals surface area (Å²) < 4.78 is 0.776. The van der Waals surface area contributed by atoms with Crippen molar-refractivity contribution >= 4 is 27.7 Å². The van der Waals surface area contributed by atoms with E-state index < -0.39 is 0 Å². The van der Waals surface area contributed by atoms with Crippen molar-refractivity contribution in [3.63, 3.8) is 0 Å². The third-order valence-electron chi connectivity index (χ3n) is 2.69. The lowest BCUT2D eigenvalue weighted by atomic mass is 10.1.